The highest BCUT2D eigenvalue weighted by molar-refractivity contribution is 8.00. The summed E-state index contributed by atoms with van der Waals surface area (Å²) in [6.45, 7) is 7.97. The summed E-state index contributed by atoms with van der Waals surface area (Å²) in [6.07, 6.45) is 1.69. The van der Waals surface area contributed by atoms with Gasteiger partial charge in [0.05, 0.1) is 0 Å². The molecule has 2 heterocycles. The van der Waals surface area contributed by atoms with Crippen molar-refractivity contribution in [2.24, 2.45) is 0 Å². The maximum atomic E-state index is 12.5. The molecule has 0 saturated carbocycles. The summed E-state index contributed by atoms with van der Waals surface area (Å²) in [5.74, 6) is 1.05. The molecular formula is C14H21N3OS. The first kappa shape index (κ1) is 14.2. The predicted octanol–water partition coefficient (Wildman–Crippen LogP) is 2.48. The Balaban J connectivity index is 2.16. The molecule has 0 aromatic carbocycles. The third-order valence-electron chi connectivity index (χ3n) is 3.50. The lowest BCUT2D eigenvalue weighted by molar-refractivity contribution is 0.0692. The van der Waals surface area contributed by atoms with Crippen molar-refractivity contribution in [1.82, 2.24) is 9.88 Å². The first-order chi connectivity index (χ1) is 9.13. The van der Waals surface area contributed by atoms with E-state index in [-0.39, 0.29) is 11.9 Å². The van der Waals surface area contributed by atoms with Crippen LogP contribution in [-0.2, 0) is 0 Å². The van der Waals surface area contributed by atoms with Crippen molar-refractivity contribution in [2.45, 2.75) is 32.1 Å². The van der Waals surface area contributed by atoms with E-state index in [2.05, 4.69) is 24.1 Å². The molecule has 1 saturated heterocycles. The Morgan fingerprint density at radius 1 is 1.58 bits per heavy atom. The molecule has 0 bridgehead atoms. The Morgan fingerprint density at radius 2 is 2.37 bits per heavy atom. The second-order valence-electron chi connectivity index (χ2n) is 4.78. The van der Waals surface area contributed by atoms with Gasteiger partial charge in [0, 0.05) is 42.0 Å². The number of thioether (sulfide) groups is 1. The van der Waals surface area contributed by atoms with Crippen molar-refractivity contribution in [3.63, 3.8) is 0 Å². The number of hydrogen-bond acceptors (Lipinski definition) is 4. The van der Waals surface area contributed by atoms with Gasteiger partial charge in [-0.25, -0.2) is 0 Å². The van der Waals surface area contributed by atoms with Gasteiger partial charge >= 0.3 is 0 Å². The van der Waals surface area contributed by atoms with Gasteiger partial charge in [-0.2, -0.15) is 11.8 Å². The van der Waals surface area contributed by atoms with Gasteiger partial charge in [-0.1, -0.05) is 6.92 Å². The molecule has 1 aliphatic rings. The molecule has 104 valence electrons. The number of carbonyl (C=O) groups excluding carboxylic acids is 1. The number of aromatic nitrogens is 1. The van der Waals surface area contributed by atoms with E-state index in [0.717, 1.165) is 24.5 Å². The maximum Gasteiger partial charge on any atom is 0.272 e. The number of anilines is 1. The summed E-state index contributed by atoms with van der Waals surface area (Å²) in [4.78, 5) is 18.7. The molecule has 2 rings (SSSR count). The second-order valence-corrected chi connectivity index (χ2v) is 6.26. The van der Waals surface area contributed by atoms with Crippen LogP contribution in [0.4, 0.5) is 5.69 Å². The normalized spacial score (nSPS) is 23.2. The van der Waals surface area contributed by atoms with Crippen LogP contribution >= 0.6 is 11.8 Å². The fourth-order valence-corrected chi connectivity index (χ4v) is 3.33. The SMILES string of the molecule is CCNc1ccnc(C(=O)N2CCSC(C)C2C)c1. The lowest BCUT2D eigenvalue weighted by Gasteiger charge is -2.37. The molecule has 5 heteroatoms. The zero-order chi connectivity index (χ0) is 13.8. The quantitative estimate of drug-likeness (QED) is 0.923. The molecular weight excluding hydrogens is 258 g/mol. The van der Waals surface area contributed by atoms with Crippen molar-refractivity contribution in [1.29, 1.82) is 0 Å². The summed E-state index contributed by atoms with van der Waals surface area (Å²) in [6, 6.07) is 3.99. The highest BCUT2D eigenvalue weighted by atomic mass is 32.2. The second kappa shape index (κ2) is 6.28. The van der Waals surface area contributed by atoms with Crippen LogP contribution in [0.25, 0.3) is 0 Å². The van der Waals surface area contributed by atoms with Crippen LogP contribution in [0.15, 0.2) is 18.3 Å². The minimum atomic E-state index is 0.0411. The number of amides is 1. The summed E-state index contributed by atoms with van der Waals surface area (Å²) in [5.41, 5.74) is 1.48. The van der Waals surface area contributed by atoms with Crippen LogP contribution in [-0.4, -0.2) is 45.9 Å². The number of nitrogens with one attached hydrogen (secondary N) is 1. The van der Waals surface area contributed by atoms with E-state index in [9.17, 15) is 4.79 Å². The number of hydrogen-bond donors (Lipinski definition) is 1. The third-order valence-corrected chi connectivity index (χ3v) is 4.84. The zero-order valence-corrected chi connectivity index (χ0v) is 12.5. The lowest BCUT2D eigenvalue weighted by atomic mass is 10.2. The van der Waals surface area contributed by atoms with Gasteiger partial charge in [-0.3, -0.25) is 9.78 Å². The van der Waals surface area contributed by atoms with E-state index in [4.69, 9.17) is 0 Å². The van der Waals surface area contributed by atoms with Gasteiger partial charge in [0.1, 0.15) is 5.69 Å². The molecule has 4 nitrogen and oxygen atoms in total. The Bertz CT molecular complexity index is 452. The monoisotopic (exact) mass is 279 g/mol. The minimum absolute atomic E-state index is 0.0411. The van der Waals surface area contributed by atoms with E-state index in [1.54, 1.807) is 6.20 Å². The molecule has 1 aromatic heterocycles. The first-order valence-electron chi connectivity index (χ1n) is 6.76. The largest absolute Gasteiger partial charge is 0.385 e. The molecule has 2 unspecified atom stereocenters. The Hall–Kier alpha value is -1.23. The van der Waals surface area contributed by atoms with Gasteiger partial charge < -0.3 is 10.2 Å². The highest BCUT2D eigenvalue weighted by Crippen LogP contribution is 2.25. The van der Waals surface area contributed by atoms with Crippen LogP contribution in [0.5, 0.6) is 0 Å². The van der Waals surface area contributed by atoms with Crippen molar-refractivity contribution in [3.8, 4) is 0 Å². The number of pyridine rings is 1. The molecule has 0 aliphatic carbocycles. The zero-order valence-electron chi connectivity index (χ0n) is 11.7. The van der Waals surface area contributed by atoms with Gasteiger partial charge in [0.25, 0.3) is 5.91 Å². The van der Waals surface area contributed by atoms with Gasteiger partial charge in [-0.15, -0.1) is 0 Å². The smallest absolute Gasteiger partial charge is 0.272 e. The predicted molar refractivity (Wildman–Crippen MR) is 80.8 cm³/mol. The Labute approximate surface area is 119 Å². The van der Waals surface area contributed by atoms with E-state index < -0.39 is 0 Å². The highest BCUT2D eigenvalue weighted by Gasteiger charge is 2.30. The van der Waals surface area contributed by atoms with Crippen LogP contribution in [0, 0.1) is 0 Å². The third kappa shape index (κ3) is 3.21. The molecule has 1 amide bonds. The van der Waals surface area contributed by atoms with Crippen LogP contribution in [0.2, 0.25) is 0 Å². The fraction of sp³-hybridized carbons (Fsp3) is 0.571. The molecule has 1 fully saturated rings. The Morgan fingerprint density at radius 3 is 3.11 bits per heavy atom. The van der Waals surface area contributed by atoms with Crippen LogP contribution in [0.1, 0.15) is 31.3 Å². The average molecular weight is 279 g/mol. The summed E-state index contributed by atoms with van der Waals surface area (Å²) in [7, 11) is 0. The van der Waals surface area contributed by atoms with Crippen molar-refractivity contribution >= 4 is 23.4 Å². The van der Waals surface area contributed by atoms with Crippen LogP contribution in [0.3, 0.4) is 0 Å². The molecule has 0 spiro atoms. The standard InChI is InChI=1S/C14H21N3OS/c1-4-15-12-5-6-16-13(9-12)14(18)17-7-8-19-11(3)10(17)2/h5-6,9-11H,4,7-8H2,1-3H3,(H,15,16). The Kier molecular flexibility index (Phi) is 4.69. The molecule has 0 radical (unpaired) electrons. The first-order valence-corrected chi connectivity index (χ1v) is 7.81. The van der Waals surface area contributed by atoms with E-state index in [0.29, 0.717) is 10.9 Å². The van der Waals surface area contributed by atoms with E-state index in [1.165, 1.54) is 0 Å². The van der Waals surface area contributed by atoms with E-state index in [1.807, 2.05) is 35.7 Å². The minimum Gasteiger partial charge on any atom is -0.385 e. The number of carbonyl (C=O) groups is 1. The molecule has 2 atom stereocenters. The van der Waals surface area contributed by atoms with E-state index >= 15 is 0 Å². The van der Waals surface area contributed by atoms with Gasteiger partial charge in [0.15, 0.2) is 0 Å². The van der Waals surface area contributed by atoms with Crippen LogP contribution < -0.4 is 5.32 Å². The molecule has 1 N–H and O–H groups in total. The maximum absolute atomic E-state index is 12.5. The molecule has 1 aromatic rings. The van der Waals surface area contributed by atoms with Crippen molar-refractivity contribution < 1.29 is 4.79 Å². The lowest BCUT2D eigenvalue weighted by Crippen LogP contribution is -2.48. The summed E-state index contributed by atoms with van der Waals surface area (Å²) < 4.78 is 0. The van der Waals surface area contributed by atoms with Crippen molar-refractivity contribution in [2.75, 3.05) is 24.2 Å². The molecule has 19 heavy (non-hydrogen) atoms. The van der Waals surface area contributed by atoms with Gasteiger partial charge in [-0.05, 0) is 26.0 Å². The topological polar surface area (TPSA) is 45.2 Å². The average Bonchev–Trinajstić information content (AvgIpc) is 2.42. The number of nitrogens with zero attached hydrogens (tertiary/aromatic N) is 2. The summed E-state index contributed by atoms with van der Waals surface area (Å²) in [5, 5.41) is 3.69. The summed E-state index contributed by atoms with van der Waals surface area (Å²) >= 11 is 1.93. The number of rotatable bonds is 3. The van der Waals surface area contributed by atoms with Gasteiger partial charge in [0.2, 0.25) is 0 Å². The molecule has 1 aliphatic heterocycles. The van der Waals surface area contributed by atoms with Crippen molar-refractivity contribution in [3.05, 3.63) is 24.0 Å². The fourth-order valence-electron chi connectivity index (χ4n) is 2.23.